The molecule has 0 spiro atoms. The molecule has 0 bridgehead atoms. The van der Waals surface area contributed by atoms with Crippen molar-refractivity contribution in [3.63, 3.8) is 0 Å². The lowest BCUT2D eigenvalue weighted by Gasteiger charge is -2.11. The third-order valence-corrected chi connectivity index (χ3v) is 8.08. The first-order valence-corrected chi connectivity index (χ1v) is 12.4. The van der Waals surface area contributed by atoms with Gasteiger partial charge in [-0.15, -0.1) is 11.3 Å². The first-order chi connectivity index (χ1) is 14.3. The van der Waals surface area contributed by atoms with Crippen molar-refractivity contribution in [2.45, 2.75) is 33.9 Å². The van der Waals surface area contributed by atoms with Crippen LogP contribution in [0.2, 0.25) is 0 Å². The molecule has 0 aliphatic carbocycles. The maximum absolute atomic E-state index is 12.8. The van der Waals surface area contributed by atoms with E-state index in [2.05, 4.69) is 23.6 Å². The largest absolute Gasteiger partial charge is 0.507 e. The van der Waals surface area contributed by atoms with E-state index >= 15 is 0 Å². The Morgan fingerprint density at radius 2 is 1.77 bits per heavy atom. The molecule has 154 valence electrons. The van der Waals surface area contributed by atoms with Gasteiger partial charge in [0.25, 0.3) is 10.0 Å². The number of benzene rings is 3. The molecule has 5 nitrogen and oxygen atoms in total. The van der Waals surface area contributed by atoms with Gasteiger partial charge in [-0.3, -0.25) is 4.72 Å². The summed E-state index contributed by atoms with van der Waals surface area (Å²) in [4.78, 5) is 5.28. The van der Waals surface area contributed by atoms with Crippen molar-refractivity contribution in [2.75, 3.05) is 4.72 Å². The van der Waals surface area contributed by atoms with Gasteiger partial charge in [-0.25, -0.2) is 13.4 Å². The van der Waals surface area contributed by atoms with Crippen LogP contribution in [0.4, 0.5) is 5.69 Å². The van der Waals surface area contributed by atoms with Gasteiger partial charge in [0.2, 0.25) is 0 Å². The molecular weight excluding hydrogens is 436 g/mol. The van der Waals surface area contributed by atoms with Crippen LogP contribution in [0.25, 0.3) is 10.2 Å². The summed E-state index contributed by atoms with van der Waals surface area (Å²) in [7, 11) is -3.73. The molecule has 3 aromatic carbocycles. The van der Waals surface area contributed by atoms with Gasteiger partial charge in [0, 0.05) is 0 Å². The lowest BCUT2D eigenvalue weighted by atomic mass is 10.0. The Balaban J connectivity index is 1.57. The molecule has 8 heteroatoms. The molecular formula is C22H20N2O3S3. The quantitative estimate of drug-likeness (QED) is 0.344. The number of sulfonamides is 1. The SMILES string of the molecule is CC(C)c1ccc(S(=O)(=O)Nc2ccc(O)c(Sc3nc4ccccc4s3)c2)cc1. The van der Waals surface area contributed by atoms with Crippen LogP contribution in [0.5, 0.6) is 5.75 Å². The Bertz CT molecular complexity index is 1260. The zero-order valence-electron chi connectivity index (χ0n) is 16.4. The molecule has 0 unspecified atom stereocenters. The second kappa shape index (κ2) is 8.29. The van der Waals surface area contributed by atoms with Gasteiger partial charge in [0.1, 0.15) is 5.75 Å². The average molecular weight is 457 g/mol. The number of para-hydroxylation sites is 1. The molecule has 0 aliphatic rings. The van der Waals surface area contributed by atoms with Crippen molar-refractivity contribution in [2.24, 2.45) is 0 Å². The van der Waals surface area contributed by atoms with E-state index < -0.39 is 10.0 Å². The highest BCUT2D eigenvalue weighted by Crippen LogP contribution is 2.39. The van der Waals surface area contributed by atoms with Crippen LogP contribution in [0, 0.1) is 0 Å². The molecule has 0 amide bonds. The molecule has 0 saturated carbocycles. The van der Waals surface area contributed by atoms with E-state index in [9.17, 15) is 13.5 Å². The van der Waals surface area contributed by atoms with Crippen molar-refractivity contribution < 1.29 is 13.5 Å². The van der Waals surface area contributed by atoms with Crippen molar-refractivity contribution in [3.05, 3.63) is 72.3 Å². The van der Waals surface area contributed by atoms with Crippen LogP contribution in [0.1, 0.15) is 25.3 Å². The Labute approximate surface area is 183 Å². The Kier molecular flexibility index (Phi) is 5.73. The highest BCUT2D eigenvalue weighted by molar-refractivity contribution is 8.01. The minimum atomic E-state index is -3.73. The predicted octanol–water partition coefficient (Wildman–Crippen LogP) is 6.08. The van der Waals surface area contributed by atoms with Crippen molar-refractivity contribution in [3.8, 4) is 5.75 Å². The molecule has 0 saturated heterocycles. The standard InChI is InChI=1S/C22H20N2O3S3/c1-14(2)15-7-10-17(11-8-15)30(26,27)24-16-9-12-19(25)21(13-16)29-22-23-18-5-3-4-6-20(18)28-22/h3-14,24-25H,1-2H3. The van der Waals surface area contributed by atoms with Gasteiger partial charge >= 0.3 is 0 Å². The Hall–Kier alpha value is -2.55. The average Bonchev–Trinajstić information content (AvgIpc) is 3.13. The van der Waals surface area contributed by atoms with E-state index in [1.807, 2.05) is 36.4 Å². The van der Waals surface area contributed by atoms with E-state index in [4.69, 9.17) is 0 Å². The maximum atomic E-state index is 12.8. The second-order valence-electron chi connectivity index (χ2n) is 7.06. The summed E-state index contributed by atoms with van der Waals surface area (Å²) in [5.74, 6) is 0.400. The summed E-state index contributed by atoms with van der Waals surface area (Å²) >= 11 is 2.83. The maximum Gasteiger partial charge on any atom is 0.261 e. The number of hydrogen-bond donors (Lipinski definition) is 2. The van der Waals surface area contributed by atoms with Gasteiger partial charge in [-0.05, 0) is 53.9 Å². The highest BCUT2D eigenvalue weighted by atomic mass is 32.2. The third kappa shape index (κ3) is 4.45. The van der Waals surface area contributed by atoms with Crippen LogP contribution < -0.4 is 4.72 Å². The number of nitrogens with one attached hydrogen (secondary N) is 1. The number of aromatic hydroxyl groups is 1. The fraction of sp³-hybridized carbons (Fsp3) is 0.136. The number of nitrogens with zero attached hydrogens (tertiary/aromatic N) is 1. The molecule has 4 rings (SSSR count). The Morgan fingerprint density at radius 1 is 1.03 bits per heavy atom. The normalized spacial score (nSPS) is 11.8. The van der Waals surface area contributed by atoms with Gasteiger partial charge in [-0.1, -0.05) is 49.9 Å². The number of rotatable bonds is 6. The lowest BCUT2D eigenvalue weighted by Crippen LogP contribution is -2.13. The van der Waals surface area contributed by atoms with E-state index in [0.29, 0.717) is 16.5 Å². The molecule has 1 aromatic heterocycles. The number of phenols is 1. The van der Waals surface area contributed by atoms with Crippen LogP contribution in [-0.2, 0) is 10.0 Å². The zero-order valence-corrected chi connectivity index (χ0v) is 18.8. The third-order valence-electron chi connectivity index (χ3n) is 4.54. The van der Waals surface area contributed by atoms with Gasteiger partial charge in [0.05, 0.1) is 25.7 Å². The van der Waals surface area contributed by atoms with E-state index in [1.165, 1.54) is 35.2 Å². The lowest BCUT2D eigenvalue weighted by molar-refractivity contribution is 0.462. The molecule has 1 heterocycles. The Morgan fingerprint density at radius 3 is 2.47 bits per heavy atom. The van der Waals surface area contributed by atoms with Gasteiger partial charge in [-0.2, -0.15) is 0 Å². The van der Waals surface area contributed by atoms with Crippen molar-refractivity contribution in [1.29, 1.82) is 0 Å². The molecule has 0 atom stereocenters. The predicted molar refractivity (Wildman–Crippen MR) is 123 cm³/mol. The molecule has 4 aromatic rings. The first kappa shape index (κ1) is 20.7. The fourth-order valence-corrected chi connectivity index (χ4v) is 6.04. The van der Waals surface area contributed by atoms with Crippen LogP contribution >= 0.6 is 23.1 Å². The van der Waals surface area contributed by atoms with E-state index in [1.54, 1.807) is 18.2 Å². The number of hydrogen-bond acceptors (Lipinski definition) is 6. The molecule has 0 fully saturated rings. The van der Waals surface area contributed by atoms with Gasteiger partial charge < -0.3 is 5.11 Å². The van der Waals surface area contributed by atoms with Crippen molar-refractivity contribution in [1.82, 2.24) is 4.98 Å². The monoisotopic (exact) mass is 456 g/mol. The minimum Gasteiger partial charge on any atom is -0.507 e. The van der Waals surface area contributed by atoms with Crippen LogP contribution in [-0.4, -0.2) is 18.5 Å². The summed E-state index contributed by atoms with van der Waals surface area (Å²) in [6.45, 7) is 4.12. The molecule has 2 N–H and O–H groups in total. The summed E-state index contributed by atoms with van der Waals surface area (Å²) in [6.07, 6.45) is 0. The second-order valence-corrected chi connectivity index (χ2v) is 11.1. The molecule has 0 aliphatic heterocycles. The smallest absolute Gasteiger partial charge is 0.261 e. The topological polar surface area (TPSA) is 79.3 Å². The number of phenolic OH excluding ortho intramolecular Hbond substituents is 1. The number of fused-ring (bicyclic) bond motifs is 1. The summed E-state index contributed by atoms with van der Waals surface area (Å²) in [6, 6.07) is 19.3. The van der Waals surface area contributed by atoms with Gasteiger partial charge in [0.15, 0.2) is 4.34 Å². The fourth-order valence-electron chi connectivity index (χ4n) is 2.89. The number of aromatic nitrogens is 1. The van der Waals surface area contributed by atoms with Crippen LogP contribution in [0.15, 0.2) is 80.9 Å². The summed E-state index contributed by atoms with van der Waals surface area (Å²) in [5.41, 5.74) is 2.35. The van der Waals surface area contributed by atoms with E-state index in [-0.39, 0.29) is 10.6 Å². The minimum absolute atomic E-state index is 0.0727. The number of thiazole rings is 1. The zero-order chi connectivity index (χ0) is 21.3. The number of anilines is 1. The first-order valence-electron chi connectivity index (χ1n) is 9.31. The highest BCUT2D eigenvalue weighted by Gasteiger charge is 2.16. The van der Waals surface area contributed by atoms with Crippen LogP contribution in [0.3, 0.4) is 0 Å². The molecule has 30 heavy (non-hydrogen) atoms. The van der Waals surface area contributed by atoms with Crippen molar-refractivity contribution >= 4 is 49.0 Å². The molecule has 0 radical (unpaired) electrons. The van der Waals surface area contributed by atoms with E-state index in [0.717, 1.165) is 20.1 Å². The summed E-state index contributed by atoms with van der Waals surface area (Å²) in [5, 5.41) is 10.2. The summed E-state index contributed by atoms with van der Waals surface area (Å²) < 4.78 is 30.0.